The molecule has 0 radical (unpaired) electrons. The molecule has 0 aromatic heterocycles. The fraction of sp³-hybridized carbons (Fsp3) is 0.368. The summed E-state index contributed by atoms with van der Waals surface area (Å²) < 4.78 is 136. The average molecular weight is 342 g/mol. The van der Waals surface area contributed by atoms with Gasteiger partial charge < -0.3 is 19.5 Å². The first-order chi connectivity index (χ1) is 16.8. The van der Waals surface area contributed by atoms with Gasteiger partial charge >= 0.3 is 0 Å². The number of nitrogens with one attached hydrogen (secondary N) is 1. The van der Waals surface area contributed by atoms with Crippen LogP contribution in [0.4, 0.5) is 4.39 Å². The summed E-state index contributed by atoms with van der Waals surface area (Å²) in [4.78, 5) is 0. The van der Waals surface area contributed by atoms with Gasteiger partial charge in [0.2, 0.25) is 6.75 Å². The highest BCUT2D eigenvalue weighted by molar-refractivity contribution is 5.46. The Labute approximate surface area is 158 Å². The van der Waals surface area contributed by atoms with Crippen molar-refractivity contribution >= 4 is 0 Å². The van der Waals surface area contributed by atoms with Crippen LogP contribution in [0.25, 0.3) is 0 Å². The van der Waals surface area contributed by atoms with Crippen molar-refractivity contribution in [2.75, 3.05) is 26.3 Å². The van der Waals surface area contributed by atoms with E-state index in [0.717, 1.165) is 0 Å². The highest BCUT2D eigenvalue weighted by Gasteiger charge is 2.27. The van der Waals surface area contributed by atoms with Gasteiger partial charge in [0, 0.05) is 28.1 Å². The third kappa shape index (κ3) is 3.17. The van der Waals surface area contributed by atoms with Crippen molar-refractivity contribution in [3.8, 4) is 17.2 Å². The molecule has 1 unspecified atom stereocenters. The Hall–Kier alpha value is -2.27. The van der Waals surface area contributed by atoms with E-state index < -0.39 is 80.1 Å². The molecule has 0 amide bonds. The summed E-state index contributed by atoms with van der Waals surface area (Å²) >= 11 is 0. The molecule has 1 fully saturated rings. The molecule has 2 heterocycles. The lowest BCUT2D eigenvalue weighted by molar-refractivity contribution is 0.173. The second kappa shape index (κ2) is 6.69. The monoisotopic (exact) mass is 342 g/mol. The van der Waals surface area contributed by atoms with E-state index in [4.69, 9.17) is 32.0 Å². The van der Waals surface area contributed by atoms with E-state index in [1.54, 1.807) is 0 Å². The van der Waals surface area contributed by atoms with Crippen molar-refractivity contribution in [2.24, 2.45) is 5.89 Å². The second-order valence-electron chi connectivity index (χ2n) is 4.89. The number of benzene rings is 2. The molecule has 1 saturated heterocycles. The van der Waals surface area contributed by atoms with Crippen molar-refractivity contribution in [3.05, 3.63) is 53.7 Å². The SMILES string of the molecule is [2H]c1c([2H])c(C2C([2H])([2H])C([2H])([2H])NC([2H])([2H])[C@]2([2H])COc2ccc3c(c2)OC([2H])([2H])O3)c([2H])c([2H])c1F. The van der Waals surface area contributed by atoms with E-state index in [0.29, 0.717) is 0 Å². The molecule has 1 N–H and O–H groups in total. The Kier molecular flexibility index (Phi) is 1.83. The van der Waals surface area contributed by atoms with E-state index >= 15 is 0 Å². The second-order valence-corrected chi connectivity index (χ2v) is 4.89. The first-order valence-electron chi connectivity index (χ1n) is 13.5. The van der Waals surface area contributed by atoms with Crippen LogP contribution in [0.1, 0.15) is 35.7 Å². The van der Waals surface area contributed by atoms with Crippen molar-refractivity contribution in [3.63, 3.8) is 0 Å². The minimum Gasteiger partial charge on any atom is -0.493 e. The highest BCUT2D eigenvalue weighted by atomic mass is 19.1. The summed E-state index contributed by atoms with van der Waals surface area (Å²) in [5, 5.41) is 1.82. The number of halogens is 1. The predicted molar refractivity (Wildman–Crippen MR) is 88.2 cm³/mol. The van der Waals surface area contributed by atoms with Crippen LogP contribution in [0.15, 0.2) is 42.4 Å². The summed E-state index contributed by atoms with van der Waals surface area (Å²) in [6, 6.07) is -0.802. The zero-order chi connectivity index (χ0) is 27.9. The van der Waals surface area contributed by atoms with Gasteiger partial charge in [0.25, 0.3) is 0 Å². The first-order valence-corrected chi connectivity index (χ1v) is 6.96. The molecule has 2 aromatic rings. The van der Waals surface area contributed by atoms with E-state index in [-0.39, 0.29) is 17.2 Å². The molecule has 4 rings (SSSR count). The zero-order valence-electron chi connectivity index (χ0n) is 25.1. The van der Waals surface area contributed by atoms with E-state index in [1.807, 2.05) is 5.32 Å². The third-order valence-corrected chi connectivity index (χ3v) is 3.37. The maximum atomic E-state index is 14.2. The molecule has 0 spiro atoms. The standard InChI is InChI=1S/C19H20FNO3/c20-15-3-1-13(2-4-15)17-7-8-21-10-14(17)11-22-16-5-6-18-19(9-16)24-12-23-18/h1-6,9,14,17,21H,7-8,10-12H2/t14-,17?/m1/s1/i1D,2D,3D,4D,7D2,8D2,10D2,12D2,14D. The Morgan fingerprint density at radius 2 is 2.12 bits per heavy atom. The maximum Gasteiger partial charge on any atom is 0.231 e. The van der Waals surface area contributed by atoms with Gasteiger partial charge in [-0.3, -0.25) is 0 Å². The first kappa shape index (κ1) is 6.56. The molecule has 24 heavy (non-hydrogen) atoms. The molecule has 2 atom stereocenters. The zero-order valence-corrected chi connectivity index (χ0v) is 12.1. The van der Waals surface area contributed by atoms with Crippen LogP contribution in [0.5, 0.6) is 17.2 Å². The van der Waals surface area contributed by atoms with Crippen LogP contribution >= 0.6 is 0 Å². The van der Waals surface area contributed by atoms with Crippen molar-refractivity contribution in [2.45, 2.75) is 12.3 Å². The lowest BCUT2D eigenvalue weighted by Crippen LogP contribution is -2.38. The Morgan fingerprint density at radius 3 is 3.00 bits per heavy atom. The van der Waals surface area contributed by atoms with E-state index in [9.17, 15) is 4.39 Å². The van der Waals surface area contributed by atoms with Crippen molar-refractivity contribution < 1.29 is 36.4 Å². The van der Waals surface area contributed by atoms with Crippen LogP contribution in [0, 0.1) is 11.7 Å². The van der Waals surface area contributed by atoms with Gasteiger partial charge in [-0.2, -0.15) is 0 Å². The van der Waals surface area contributed by atoms with Gasteiger partial charge in [0.15, 0.2) is 11.5 Å². The molecular formula is C19H20FNO3. The molecule has 0 saturated carbocycles. The lowest BCUT2D eigenvalue weighted by atomic mass is 9.81. The largest absolute Gasteiger partial charge is 0.493 e. The summed E-state index contributed by atoms with van der Waals surface area (Å²) in [5.41, 5.74) is -0.881. The molecular weight excluding hydrogens is 309 g/mol. The fourth-order valence-electron chi connectivity index (χ4n) is 2.21. The number of piperidine rings is 1. The minimum absolute atomic E-state index is 0.0324. The van der Waals surface area contributed by atoms with Gasteiger partial charge in [0.05, 0.1) is 12.1 Å². The molecule has 0 bridgehead atoms. The normalized spacial score (nSPS) is 41.7. The number of hydrogen-bond acceptors (Lipinski definition) is 4. The Morgan fingerprint density at radius 1 is 1.29 bits per heavy atom. The van der Waals surface area contributed by atoms with Gasteiger partial charge in [0.1, 0.15) is 14.3 Å². The summed E-state index contributed by atoms with van der Waals surface area (Å²) in [5.74, 6) is -6.85. The Bertz CT molecular complexity index is 1250. The summed E-state index contributed by atoms with van der Waals surface area (Å²) in [6.07, 6.45) is -3.23. The van der Waals surface area contributed by atoms with Crippen molar-refractivity contribution in [1.29, 1.82) is 0 Å². The number of ether oxygens (including phenoxy) is 3. The van der Waals surface area contributed by atoms with Crippen LogP contribution < -0.4 is 19.5 Å². The molecule has 4 nitrogen and oxygen atoms in total. The van der Waals surface area contributed by atoms with Gasteiger partial charge in [-0.15, -0.1) is 0 Å². The minimum atomic E-state index is -3.23. The molecule has 126 valence electrons. The predicted octanol–water partition coefficient (Wildman–Crippen LogP) is 3.33. The number of rotatable bonds is 4. The van der Waals surface area contributed by atoms with E-state index in [1.165, 1.54) is 18.2 Å². The third-order valence-electron chi connectivity index (χ3n) is 3.37. The molecule has 5 heteroatoms. The number of fused-ring (bicyclic) bond motifs is 1. The fourth-order valence-corrected chi connectivity index (χ4v) is 2.21. The quantitative estimate of drug-likeness (QED) is 0.925. The van der Waals surface area contributed by atoms with Crippen LogP contribution in [0.3, 0.4) is 0 Å². The van der Waals surface area contributed by atoms with Crippen LogP contribution in [0.2, 0.25) is 0 Å². The summed E-state index contributed by atoms with van der Waals surface area (Å²) in [7, 11) is 0. The topological polar surface area (TPSA) is 39.7 Å². The summed E-state index contributed by atoms with van der Waals surface area (Å²) in [6.45, 7) is -9.72. The smallest absolute Gasteiger partial charge is 0.231 e. The average Bonchev–Trinajstić information content (AvgIpc) is 3.08. The van der Waals surface area contributed by atoms with Crippen molar-refractivity contribution in [1.82, 2.24) is 5.32 Å². The molecule has 0 aliphatic carbocycles. The molecule has 2 aromatic carbocycles. The molecule has 2 aliphatic heterocycles. The lowest BCUT2D eigenvalue weighted by Gasteiger charge is -2.32. The van der Waals surface area contributed by atoms with Gasteiger partial charge in [-0.1, -0.05) is 12.1 Å². The molecule has 2 aliphatic rings. The van der Waals surface area contributed by atoms with Crippen LogP contribution in [-0.2, 0) is 0 Å². The highest BCUT2D eigenvalue weighted by Crippen LogP contribution is 2.36. The van der Waals surface area contributed by atoms with Gasteiger partial charge in [-0.05, 0) is 48.6 Å². The number of hydrogen-bond donors (Lipinski definition) is 1. The maximum absolute atomic E-state index is 14.2. The van der Waals surface area contributed by atoms with E-state index in [2.05, 4.69) is 0 Å². The Balaban J connectivity index is 1.84. The van der Waals surface area contributed by atoms with Crippen LogP contribution in [-0.4, -0.2) is 26.3 Å². The van der Waals surface area contributed by atoms with Gasteiger partial charge in [-0.25, -0.2) is 4.39 Å².